The standard InChI is InChI=1S/C13H19ClN2O2/c1-8-5-11(6-9(2)17-8)18-13-12(14)10(7-15)3-4-16-13/h3-4,8-9,11H,5-7,15H2,1-2H3. The molecule has 2 heterocycles. The fourth-order valence-electron chi connectivity index (χ4n) is 2.30. The molecule has 2 atom stereocenters. The molecule has 4 nitrogen and oxygen atoms in total. The molecule has 18 heavy (non-hydrogen) atoms. The molecular weight excluding hydrogens is 252 g/mol. The van der Waals surface area contributed by atoms with Crippen LogP contribution < -0.4 is 10.5 Å². The van der Waals surface area contributed by atoms with Gasteiger partial charge in [-0.1, -0.05) is 11.6 Å². The average Bonchev–Trinajstić information content (AvgIpc) is 2.30. The van der Waals surface area contributed by atoms with E-state index >= 15 is 0 Å². The van der Waals surface area contributed by atoms with Crippen LogP contribution in [0.5, 0.6) is 5.88 Å². The number of hydrogen-bond donors (Lipinski definition) is 1. The van der Waals surface area contributed by atoms with E-state index in [-0.39, 0.29) is 18.3 Å². The maximum absolute atomic E-state index is 6.20. The van der Waals surface area contributed by atoms with Crippen molar-refractivity contribution in [3.63, 3.8) is 0 Å². The van der Waals surface area contributed by atoms with Gasteiger partial charge >= 0.3 is 0 Å². The Kier molecular flexibility index (Phi) is 4.43. The van der Waals surface area contributed by atoms with E-state index in [1.165, 1.54) is 0 Å². The molecule has 2 unspecified atom stereocenters. The van der Waals surface area contributed by atoms with Crippen LogP contribution in [-0.2, 0) is 11.3 Å². The van der Waals surface area contributed by atoms with E-state index in [1.54, 1.807) is 6.20 Å². The molecule has 1 fully saturated rings. The van der Waals surface area contributed by atoms with Crippen LogP contribution in [0.1, 0.15) is 32.3 Å². The van der Waals surface area contributed by atoms with Crippen LogP contribution in [0.15, 0.2) is 12.3 Å². The number of rotatable bonds is 3. The van der Waals surface area contributed by atoms with E-state index in [1.807, 2.05) is 6.07 Å². The van der Waals surface area contributed by atoms with Gasteiger partial charge in [-0.15, -0.1) is 0 Å². The Labute approximate surface area is 112 Å². The summed E-state index contributed by atoms with van der Waals surface area (Å²) in [5.41, 5.74) is 6.47. The zero-order valence-corrected chi connectivity index (χ0v) is 11.5. The lowest BCUT2D eigenvalue weighted by Crippen LogP contribution is -2.36. The zero-order chi connectivity index (χ0) is 13.1. The summed E-state index contributed by atoms with van der Waals surface area (Å²) in [4.78, 5) is 4.18. The van der Waals surface area contributed by atoms with Crippen molar-refractivity contribution in [3.8, 4) is 5.88 Å². The first-order chi connectivity index (χ1) is 8.60. The highest BCUT2D eigenvalue weighted by Gasteiger charge is 2.26. The first-order valence-electron chi connectivity index (χ1n) is 6.25. The summed E-state index contributed by atoms with van der Waals surface area (Å²) in [7, 11) is 0. The minimum Gasteiger partial charge on any atom is -0.473 e. The Morgan fingerprint density at radius 3 is 2.72 bits per heavy atom. The summed E-state index contributed by atoms with van der Waals surface area (Å²) in [5, 5.41) is 0.520. The largest absolute Gasteiger partial charge is 0.473 e. The van der Waals surface area contributed by atoms with Gasteiger partial charge in [-0.2, -0.15) is 0 Å². The van der Waals surface area contributed by atoms with Gasteiger partial charge in [0.15, 0.2) is 0 Å². The van der Waals surface area contributed by atoms with Crippen LogP contribution >= 0.6 is 11.6 Å². The summed E-state index contributed by atoms with van der Waals surface area (Å²) in [5.74, 6) is 0.478. The lowest BCUT2D eigenvalue weighted by Gasteiger charge is -2.32. The second kappa shape index (κ2) is 5.87. The first kappa shape index (κ1) is 13.6. The van der Waals surface area contributed by atoms with E-state index < -0.39 is 0 Å². The molecule has 1 aromatic heterocycles. The summed E-state index contributed by atoms with van der Waals surface area (Å²) in [6, 6.07) is 1.81. The highest BCUT2D eigenvalue weighted by Crippen LogP contribution is 2.29. The van der Waals surface area contributed by atoms with Gasteiger partial charge in [0, 0.05) is 25.6 Å². The summed E-state index contributed by atoms with van der Waals surface area (Å²) in [6.45, 7) is 4.49. The molecule has 0 aromatic carbocycles. The number of halogens is 1. The minimum absolute atomic E-state index is 0.0989. The Morgan fingerprint density at radius 2 is 2.11 bits per heavy atom. The van der Waals surface area contributed by atoms with Gasteiger partial charge in [-0.25, -0.2) is 4.98 Å². The number of ether oxygens (including phenoxy) is 2. The van der Waals surface area contributed by atoms with E-state index in [0.717, 1.165) is 18.4 Å². The Hall–Kier alpha value is -0.840. The molecule has 2 rings (SSSR count). The Morgan fingerprint density at radius 1 is 1.44 bits per heavy atom. The van der Waals surface area contributed by atoms with Crippen LogP contribution in [0, 0.1) is 0 Å². The monoisotopic (exact) mass is 270 g/mol. The fourth-order valence-corrected chi connectivity index (χ4v) is 2.53. The third kappa shape index (κ3) is 3.13. The third-order valence-corrected chi connectivity index (χ3v) is 3.49. The van der Waals surface area contributed by atoms with E-state index in [9.17, 15) is 0 Å². The van der Waals surface area contributed by atoms with Crippen LogP contribution in [0.3, 0.4) is 0 Å². The summed E-state index contributed by atoms with van der Waals surface area (Å²) in [6.07, 6.45) is 3.90. The number of aromatic nitrogens is 1. The molecule has 0 spiro atoms. The lowest BCUT2D eigenvalue weighted by molar-refractivity contribution is -0.0729. The molecule has 100 valence electrons. The minimum atomic E-state index is 0.0989. The van der Waals surface area contributed by atoms with Gasteiger partial charge in [0.2, 0.25) is 5.88 Å². The molecule has 1 saturated heterocycles. The highest BCUT2D eigenvalue weighted by molar-refractivity contribution is 6.32. The molecule has 1 aliphatic heterocycles. The van der Waals surface area contributed by atoms with Crippen molar-refractivity contribution in [3.05, 3.63) is 22.8 Å². The molecular formula is C13H19ClN2O2. The van der Waals surface area contributed by atoms with Crippen molar-refractivity contribution in [1.29, 1.82) is 0 Å². The number of nitrogens with zero attached hydrogens (tertiary/aromatic N) is 1. The molecule has 5 heteroatoms. The summed E-state index contributed by atoms with van der Waals surface area (Å²) >= 11 is 6.20. The maximum Gasteiger partial charge on any atom is 0.233 e. The van der Waals surface area contributed by atoms with Crippen LogP contribution in [0.2, 0.25) is 5.02 Å². The molecule has 0 bridgehead atoms. The van der Waals surface area contributed by atoms with Gasteiger partial charge in [-0.05, 0) is 25.5 Å². The normalized spacial score (nSPS) is 28.1. The molecule has 2 N–H and O–H groups in total. The molecule has 0 amide bonds. The first-order valence-corrected chi connectivity index (χ1v) is 6.63. The van der Waals surface area contributed by atoms with Crippen molar-refractivity contribution in [1.82, 2.24) is 4.98 Å². The van der Waals surface area contributed by atoms with Crippen LogP contribution in [0.4, 0.5) is 0 Å². The maximum atomic E-state index is 6.20. The molecule has 1 aromatic rings. The van der Waals surface area contributed by atoms with E-state index in [0.29, 0.717) is 17.4 Å². The zero-order valence-electron chi connectivity index (χ0n) is 10.7. The topological polar surface area (TPSA) is 57.4 Å². The molecule has 0 radical (unpaired) electrons. The SMILES string of the molecule is CC1CC(Oc2nccc(CN)c2Cl)CC(C)O1. The second-order valence-electron chi connectivity index (χ2n) is 4.76. The van der Waals surface area contributed by atoms with Gasteiger partial charge in [-0.3, -0.25) is 0 Å². The lowest BCUT2D eigenvalue weighted by atomic mass is 10.0. The van der Waals surface area contributed by atoms with Crippen molar-refractivity contribution in [2.24, 2.45) is 5.73 Å². The van der Waals surface area contributed by atoms with Gasteiger partial charge in [0.1, 0.15) is 11.1 Å². The van der Waals surface area contributed by atoms with Gasteiger partial charge in [0.25, 0.3) is 0 Å². The average molecular weight is 271 g/mol. The Balaban J connectivity index is 2.09. The third-order valence-electron chi connectivity index (χ3n) is 3.09. The van der Waals surface area contributed by atoms with Crippen molar-refractivity contribution in [2.45, 2.75) is 51.5 Å². The van der Waals surface area contributed by atoms with Crippen molar-refractivity contribution >= 4 is 11.6 Å². The quantitative estimate of drug-likeness (QED) is 0.917. The van der Waals surface area contributed by atoms with Gasteiger partial charge in [0.05, 0.1) is 12.2 Å². The number of nitrogens with two attached hydrogens (primary N) is 1. The fraction of sp³-hybridized carbons (Fsp3) is 0.615. The van der Waals surface area contributed by atoms with Crippen LogP contribution in [0.25, 0.3) is 0 Å². The van der Waals surface area contributed by atoms with E-state index in [4.69, 9.17) is 26.8 Å². The van der Waals surface area contributed by atoms with Gasteiger partial charge < -0.3 is 15.2 Å². The molecule has 0 saturated carbocycles. The molecule has 0 aliphatic carbocycles. The number of pyridine rings is 1. The predicted molar refractivity (Wildman–Crippen MR) is 70.8 cm³/mol. The van der Waals surface area contributed by atoms with Crippen molar-refractivity contribution < 1.29 is 9.47 Å². The van der Waals surface area contributed by atoms with E-state index in [2.05, 4.69) is 18.8 Å². The second-order valence-corrected chi connectivity index (χ2v) is 5.14. The number of hydrogen-bond acceptors (Lipinski definition) is 4. The predicted octanol–water partition coefficient (Wildman–Crippen LogP) is 2.53. The smallest absolute Gasteiger partial charge is 0.233 e. The van der Waals surface area contributed by atoms with Crippen LogP contribution in [-0.4, -0.2) is 23.3 Å². The molecule has 1 aliphatic rings. The van der Waals surface area contributed by atoms with Crippen molar-refractivity contribution in [2.75, 3.05) is 0 Å². The Bertz CT molecular complexity index is 404. The highest BCUT2D eigenvalue weighted by atomic mass is 35.5. The summed E-state index contributed by atoms with van der Waals surface area (Å²) < 4.78 is 11.6.